The number of benzene rings is 1. The molecule has 0 radical (unpaired) electrons. The topological polar surface area (TPSA) is 15.3 Å². The van der Waals surface area contributed by atoms with E-state index in [-0.39, 0.29) is 0 Å². The van der Waals surface area contributed by atoms with Gasteiger partial charge in [-0.2, -0.15) is 11.8 Å². The molecule has 25 heavy (non-hydrogen) atoms. The fourth-order valence-electron chi connectivity index (χ4n) is 4.47. The highest BCUT2D eigenvalue weighted by atomic mass is 32.2. The van der Waals surface area contributed by atoms with E-state index in [0.717, 1.165) is 30.8 Å². The smallest absolute Gasteiger partial charge is 0.0185 e. The second kappa shape index (κ2) is 11.3. The molecule has 0 aromatic heterocycles. The van der Waals surface area contributed by atoms with E-state index < -0.39 is 0 Å². The first-order chi connectivity index (χ1) is 12.4. The van der Waals surface area contributed by atoms with E-state index in [1.807, 2.05) is 11.8 Å². The Balaban J connectivity index is 1.28. The molecular weight excluding hydrogens is 324 g/mol. The Morgan fingerprint density at radius 2 is 1.64 bits per heavy atom. The normalized spacial score (nSPS) is 19.2. The lowest BCUT2D eigenvalue weighted by Gasteiger charge is -2.31. The van der Waals surface area contributed by atoms with Crippen molar-refractivity contribution in [1.82, 2.24) is 10.2 Å². The van der Waals surface area contributed by atoms with Gasteiger partial charge in [-0.15, -0.1) is 0 Å². The monoisotopic (exact) mass is 360 g/mol. The van der Waals surface area contributed by atoms with Crippen molar-refractivity contribution in [3.05, 3.63) is 35.9 Å². The predicted molar refractivity (Wildman–Crippen MR) is 111 cm³/mol. The van der Waals surface area contributed by atoms with E-state index in [2.05, 4.69) is 40.5 Å². The van der Waals surface area contributed by atoms with Crippen LogP contribution in [0.3, 0.4) is 0 Å². The van der Waals surface area contributed by atoms with Crippen LogP contribution in [0.2, 0.25) is 0 Å². The molecule has 0 saturated heterocycles. The van der Waals surface area contributed by atoms with Crippen molar-refractivity contribution < 1.29 is 0 Å². The fourth-order valence-corrected chi connectivity index (χ4v) is 5.33. The van der Waals surface area contributed by atoms with Gasteiger partial charge in [0.2, 0.25) is 0 Å². The molecule has 2 aliphatic carbocycles. The largest absolute Gasteiger partial charge is 0.315 e. The highest BCUT2D eigenvalue weighted by Gasteiger charge is 2.25. The van der Waals surface area contributed by atoms with Gasteiger partial charge in [-0.3, -0.25) is 4.90 Å². The van der Waals surface area contributed by atoms with Crippen LogP contribution in [0.25, 0.3) is 0 Å². The standard InChI is InChI=1S/C22H36N2S/c1-2-10-21(11-3-1)19-25-17-15-23-14-16-24(22-12-6-7-13-22)18-20-8-4-5-9-20/h1-3,10-11,20,22-23H,4-9,12-19H2. The van der Waals surface area contributed by atoms with Gasteiger partial charge in [0.05, 0.1) is 0 Å². The van der Waals surface area contributed by atoms with Crippen LogP contribution in [0.5, 0.6) is 0 Å². The Bertz CT molecular complexity index is 452. The molecule has 3 heteroatoms. The van der Waals surface area contributed by atoms with Gasteiger partial charge in [0.25, 0.3) is 0 Å². The van der Waals surface area contributed by atoms with Crippen LogP contribution in [-0.2, 0) is 5.75 Å². The summed E-state index contributed by atoms with van der Waals surface area (Å²) in [5.74, 6) is 3.33. The van der Waals surface area contributed by atoms with Crippen molar-refractivity contribution >= 4 is 11.8 Å². The molecule has 0 heterocycles. The minimum atomic E-state index is 0.884. The third kappa shape index (κ3) is 6.96. The molecular formula is C22H36N2S. The predicted octanol–water partition coefficient (Wildman–Crippen LogP) is 4.94. The average molecular weight is 361 g/mol. The highest BCUT2D eigenvalue weighted by molar-refractivity contribution is 7.98. The van der Waals surface area contributed by atoms with E-state index in [1.165, 1.54) is 75.8 Å². The maximum absolute atomic E-state index is 3.69. The zero-order valence-electron chi connectivity index (χ0n) is 15.8. The van der Waals surface area contributed by atoms with Crippen molar-refractivity contribution in [2.45, 2.75) is 63.2 Å². The Hall–Kier alpha value is -0.510. The number of nitrogens with zero attached hydrogens (tertiary/aromatic N) is 1. The molecule has 3 rings (SSSR count). The summed E-state index contributed by atoms with van der Waals surface area (Å²) in [6.45, 7) is 4.92. The maximum Gasteiger partial charge on any atom is 0.0185 e. The molecule has 2 fully saturated rings. The van der Waals surface area contributed by atoms with Crippen molar-refractivity contribution in [2.75, 3.05) is 31.9 Å². The molecule has 0 atom stereocenters. The number of nitrogens with one attached hydrogen (secondary N) is 1. The SMILES string of the molecule is c1ccc(CSCCNCCN(CC2CCCC2)C2CCCC2)cc1. The maximum atomic E-state index is 3.69. The van der Waals surface area contributed by atoms with E-state index in [0.29, 0.717) is 0 Å². The first-order valence-corrected chi connectivity index (χ1v) is 11.6. The fraction of sp³-hybridized carbons (Fsp3) is 0.727. The molecule has 0 aliphatic heterocycles. The molecule has 0 spiro atoms. The van der Waals surface area contributed by atoms with E-state index in [9.17, 15) is 0 Å². The zero-order valence-corrected chi connectivity index (χ0v) is 16.6. The van der Waals surface area contributed by atoms with Gasteiger partial charge in [-0.25, -0.2) is 0 Å². The third-order valence-electron chi connectivity index (χ3n) is 5.92. The lowest BCUT2D eigenvalue weighted by molar-refractivity contribution is 0.170. The summed E-state index contributed by atoms with van der Waals surface area (Å²) >= 11 is 2.04. The first kappa shape index (κ1) is 19.3. The van der Waals surface area contributed by atoms with Crippen LogP contribution in [0.1, 0.15) is 56.9 Å². The van der Waals surface area contributed by atoms with Gasteiger partial charge in [0.15, 0.2) is 0 Å². The van der Waals surface area contributed by atoms with Crippen molar-refractivity contribution in [1.29, 1.82) is 0 Å². The average Bonchev–Trinajstić information content (AvgIpc) is 3.34. The molecule has 0 bridgehead atoms. The minimum absolute atomic E-state index is 0.884. The molecule has 2 nitrogen and oxygen atoms in total. The number of hydrogen-bond donors (Lipinski definition) is 1. The number of rotatable bonds is 11. The van der Waals surface area contributed by atoms with Crippen molar-refractivity contribution in [3.8, 4) is 0 Å². The molecule has 2 saturated carbocycles. The third-order valence-corrected chi connectivity index (χ3v) is 6.95. The van der Waals surface area contributed by atoms with Crippen molar-refractivity contribution in [3.63, 3.8) is 0 Å². The molecule has 1 aromatic carbocycles. The Morgan fingerprint density at radius 3 is 2.40 bits per heavy atom. The van der Waals surface area contributed by atoms with Crippen LogP contribution in [-0.4, -0.2) is 42.9 Å². The molecule has 1 N–H and O–H groups in total. The summed E-state index contributed by atoms with van der Waals surface area (Å²) < 4.78 is 0. The van der Waals surface area contributed by atoms with Crippen molar-refractivity contribution in [2.24, 2.45) is 5.92 Å². The van der Waals surface area contributed by atoms with E-state index in [1.54, 1.807) is 0 Å². The van der Waals surface area contributed by atoms with Gasteiger partial charge in [0.1, 0.15) is 0 Å². The first-order valence-electron chi connectivity index (χ1n) is 10.5. The van der Waals surface area contributed by atoms with E-state index in [4.69, 9.17) is 0 Å². The Kier molecular flexibility index (Phi) is 8.67. The molecule has 0 unspecified atom stereocenters. The Labute approximate surface area is 159 Å². The number of thioether (sulfide) groups is 1. The lowest BCUT2D eigenvalue weighted by Crippen LogP contribution is -2.41. The van der Waals surface area contributed by atoms with Gasteiger partial charge < -0.3 is 5.32 Å². The molecule has 1 aromatic rings. The second-order valence-electron chi connectivity index (χ2n) is 7.87. The van der Waals surface area contributed by atoms with Gasteiger partial charge in [0, 0.05) is 43.7 Å². The summed E-state index contributed by atoms with van der Waals surface area (Å²) in [4.78, 5) is 2.84. The molecule has 140 valence electrons. The second-order valence-corrected chi connectivity index (χ2v) is 8.98. The van der Waals surface area contributed by atoms with Gasteiger partial charge in [-0.05, 0) is 37.2 Å². The van der Waals surface area contributed by atoms with Crippen LogP contribution in [0, 0.1) is 5.92 Å². The van der Waals surface area contributed by atoms with Gasteiger partial charge in [-0.1, -0.05) is 56.0 Å². The summed E-state index contributed by atoms with van der Waals surface area (Å²) in [6.07, 6.45) is 11.7. The summed E-state index contributed by atoms with van der Waals surface area (Å²) in [7, 11) is 0. The molecule has 0 amide bonds. The highest BCUT2D eigenvalue weighted by Crippen LogP contribution is 2.29. The lowest BCUT2D eigenvalue weighted by atomic mass is 10.1. The molecule has 2 aliphatic rings. The number of hydrogen-bond acceptors (Lipinski definition) is 3. The van der Waals surface area contributed by atoms with Crippen LogP contribution < -0.4 is 5.32 Å². The quantitative estimate of drug-likeness (QED) is 0.562. The summed E-state index contributed by atoms with van der Waals surface area (Å²) in [5, 5.41) is 3.69. The van der Waals surface area contributed by atoms with Gasteiger partial charge >= 0.3 is 0 Å². The zero-order chi connectivity index (χ0) is 17.2. The summed E-state index contributed by atoms with van der Waals surface area (Å²) in [5.41, 5.74) is 1.44. The van der Waals surface area contributed by atoms with Crippen LogP contribution in [0.15, 0.2) is 30.3 Å². The van der Waals surface area contributed by atoms with Crippen LogP contribution in [0.4, 0.5) is 0 Å². The minimum Gasteiger partial charge on any atom is -0.315 e. The van der Waals surface area contributed by atoms with Crippen LogP contribution >= 0.6 is 11.8 Å². The Morgan fingerprint density at radius 1 is 0.920 bits per heavy atom. The summed E-state index contributed by atoms with van der Waals surface area (Å²) in [6, 6.07) is 11.7. The van der Waals surface area contributed by atoms with E-state index >= 15 is 0 Å².